The van der Waals surface area contributed by atoms with E-state index in [1.807, 2.05) is 31.2 Å². The van der Waals surface area contributed by atoms with Gasteiger partial charge in [0, 0.05) is 12.1 Å². The number of aryl methyl sites for hydroxylation is 1. The number of ether oxygens (including phenoxy) is 1. The number of hydrogen-bond donors (Lipinski definition) is 2. The van der Waals surface area contributed by atoms with Crippen molar-refractivity contribution in [3.8, 4) is 5.75 Å². The van der Waals surface area contributed by atoms with Crippen molar-refractivity contribution in [1.82, 2.24) is 5.32 Å². The van der Waals surface area contributed by atoms with Crippen LogP contribution < -0.4 is 15.8 Å². The minimum absolute atomic E-state index is 0.0232. The fourth-order valence-electron chi connectivity index (χ4n) is 2.41. The summed E-state index contributed by atoms with van der Waals surface area (Å²) in [4.78, 5) is 11.8. The molecule has 0 heterocycles. The lowest BCUT2D eigenvalue weighted by Crippen LogP contribution is -2.44. The van der Waals surface area contributed by atoms with Gasteiger partial charge in [0.05, 0.1) is 13.0 Å². The number of rotatable bonds is 5. The van der Waals surface area contributed by atoms with Crippen molar-refractivity contribution >= 4 is 5.91 Å². The van der Waals surface area contributed by atoms with Crippen molar-refractivity contribution in [3.05, 3.63) is 29.8 Å². The summed E-state index contributed by atoms with van der Waals surface area (Å²) < 4.78 is 5.56. The lowest BCUT2D eigenvalue weighted by molar-refractivity contribution is -0.122. The summed E-state index contributed by atoms with van der Waals surface area (Å²) in [7, 11) is 0. The van der Waals surface area contributed by atoms with E-state index in [1.165, 1.54) is 0 Å². The Morgan fingerprint density at radius 1 is 1.47 bits per heavy atom. The molecule has 19 heavy (non-hydrogen) atoms. The average molecular weight is 262 g/mol. The van der Waals surface area contributed by atoms with Crippen LogP contribution in [0.1, 0.15) is 31.2 Å². The number of amides is 1. The maximum Gasteiger partial charge on any atom is 0.223 e. The van der Waals surface area contributed by atoms with Crippen molar-refractivity contribution in [1.29, 1.82) is 0 Å². The van der Waals surface area contributed by atoms with Crippen LogP contribution in [0.5, 0.6) is 5.75 Å². The van der Waals surface area contributed by atoms with Crippen LogP contribution in [-0.4, -0.2) is 24.6 Å². The van der Waals surface area contributed by atoms with E-state index < -0.39 is 0 Å². The molecule has 2 atom stereocenters. The maximum absolute atomic E-state index is 11.8. The van der Waals surface area contributed by atoms with E-state index in [2.05, 4.69) is 5.32 Å². The maximum atomic E-state index is 11.8. The summed E-state index contributed by atoms with van der Waals surface area (Å²) in [6, 6.07) is 8.08. The number of benzene rings is 1. The van der Waals surface area contributed by atoms with E-state index in [9.17, 15) is 4.79 Å². The highest BCUT2D eigenvalue weighted by Crippen LogP contribution is 2.17. The van der Waals surface area contributed by atoms with Crippen molar-refractivity contribution in [3.63, 3.8) is 0 Å². The van der Waals surface area contributed by atoms with Gasteiger partial charge in [-0.2, -0.15) is 0 Å². The van der Waals surface area contributed by atoms with Gasteiger partial charge in [0.2, 0.25) is 5.91 Å². The quantitative estimate of drug-likeness (QED) is 0.850. The van der Waals surface area contributed by atoms with Crippen LogP contribution in [0.25, 0.3) is 0 Å². The van der Waals surface area contributed by atoms with Crippen LogP contribution in [-0.2, 0) is 4.79 Å². The van der Waals surface area contributed by atoms with Gasteiger partial charge in [-0.05, 0) is 43.9 Å². The van der Waals surface area contributed by atoms with E-state index in [1.54, 1.807) is 0 Å². The van der Waals surface area contributed by atoms with Crippen LogP contribution >= 0.6 is 0 Å². The molecule has 3 N–H and O–H groups in total. The molecule has 0 aromatic heterocycles. The molecule has 1 aromatic rings. The third kappa shape index (κ3) is 4.24. The Balaban J connectivity index is 1.69. The molecule has 1 aromatic carbocycles. The predicted molar refractivity (Wildman–Crippen MR) is 75.0 cm³/mol. The van der Waals surface area contributed by atoms with Crippen LogP contribution in [0, 0.1) is 6.92 Å². The van der Waals surface area contributed by atoms with Crippen LogP contribution in [0.2, 0.25) is 0 Å². The van der Waals surface area contributed by atoms with Gasteiger partial charge >= 0.3 is 0 Å². The molecule has 1 aliphatic carbocycles. The van der Waals surface area contributed by atoms with Crippen molar-refractivity contribution < 1.29 is 9.53 Å². The minimum atomic E-state index is 0.0232. The number of carbonyl (C=O) groups is 1. The SMILES string of the molecule is Cc1cccc(OCCC(=O)NC2CCCC2N)c1. The lowest BCUT2D eigenvalue weighted by Gasteiger charge is -2.17. The summed E-state index contributed by atoms with van der Waals surface area (Å²) in [6.07, 6.45) is 3.47. The molecule has 1 fully saturated rings. The molecule has 2 unspecified atom stereocenters. The molecule has 0 spiro atoms. The highest BCUT2D eigenvalue weighted by atomic mass is 16.5. The Labute approximate surface area is 114 Å². The lowest BCUT2D eigenvalue weighted by atomic mass is 10.2. The highest BCUT2D eigenvalue weighted by Gasteiger charge is 2.24. The summed E-state index contributed by atoms with van der Waals surface area (Å²) in [5.74, 6) is 0.834. The molecule has 1 saturated carbocycles. The Morgan fingerprint density at radius 3 is 3.00 bits per heavy atom. The van der Waals surface area contributed by atoms with Gasteiger partial charge in [-0.3, -0.25) is 4.79 Å². The van der Waals surface area contributed by atoms with E-state index in [0.717, 1.165) is 30.6 Å². The zero-order valence-electron chi connectivity index (χ0n) is 11.4. The normalized spacial score (nSPS) is 22.2. The Hall–Kier alpha value is -1.55. The minimum Gasteiger partial charge on any atom is -0.493 e. The molecular weight excluding hydrogens is 240 g/mol. The largest absolute Gasteiger partial charge is 0.493 e. The molecule has 4 nitrogen and oxygen atoms in total. The van der Waals surface area contributed by atoms with Gasteiger partial charge in [0.25, 0.3) is 0 Å². The fraction of sp³-hybridized carbons (Fsp3) is 0.533. The zero-order valence-corrected chi connectivity index (χ0v) is 11.4. The highest BCUT2D eigenvalue weighted by molar-refractivity contribution is 5.76. The molecule has 0 radical (unpaired) electrons. The van der Waals surface area contributed by atoms with Crippen LogP contribution in [0.4, 0.5) is 0 Å². The Bertz CT molecular complexity index is 434. The summed E-state index contributed by atoms with van der Waals surface area (Å²) >= 11 is 0. The Kier molecular flexibility index (Phi) is 4.80. The van der Waals surface area contributed by atoms with E-state index >= 15 is 0 Å². The molecule has 1 amide bonds. The molecule has 0 bridgehead atoms. The second-order valence-electron chi connectivity index (χ2n) is 5.18. The Morgan fingerprint density at radius 2 is 2.32 bits per heavy atom. The van der Waals surface area contributed by atoms with Gasteiger partial charge in [0.1, 0.15) is 5.75 Å². The summed E-state index contributed by atoms with van der Waals surface area (Å²) in [5, 5.41) is 2.98. The second-order valence-corrected chi connectivity index (χ2v) is 5.18. The summed E-state index contributed by atoms with van der Waals surface area (Å²) in [6.45, 7) is 2.41. The molecule has 0 aliphatic heterocycles. The molecule has 104 valence electrons. The van der Waals surface area contributed by atoms with Gasteiger partial charge in [-0.1, -0.05) is 12.1 Å². The average Bonchev–Trinajstić information content (AvgIpc) is 2.75. The zero-order chi connectivity index (χ0) is 13.7. The predicted octanol–water partition coefficient (Wildman–Crippen LogP) is 1.76. The van der Waals surface area contributed by atoms with Crippen molar-refractivity contribution in [2.45, 2.75) is 44.7 Å². The van der Waals surface area contributed by atoms with Gasteiger partial charge in [0.15, 0.2) is 0 Å². The monoisotopic (exact) mass is 262 g/mol. The molecular formula is C15H22N2O2. The second kappa shape index (κ2) is 6.57. The third-order valence-corrected chi connectivity index (χ3v) is 3.50. The van der Waals surface area contributed by atoms with Gasteiger partial charge < -0.3 is 15.8 Å². The molecule has 1 aliphatic rings. The van der Waals surface area contributed by atoms with Gasteiger partial charge in [-0.25, -0.2) is 0 Å². The van der Waals surface area contributed by atoms with Crippen LogP contribution in [0.15, 0.2) is 24.3 Å². The topological polar surface area (TPSA) is 64.3 Å². The van der Waals surface area contributed by atoms with E-state index in [-0.39, 0.29) is 18.0 Å². The van der Waals surface area contributed by atoms with Crippen molar-refractivity contribution in [2.24, 2.45) is 5.73 Å². The first kappa shape index (κ1) is 13.9. The smallest absolute Gasteiger partial charge is 0.223 e. The standard InChI is InChI=1S/C15H22N2O2/c1-11-4-2-5-12(10-11)19-9-8-15(18)17-14-7-3-6-13(14)16/h2,4-5,10,13-14H,3,6-9,16H2,1H3,(H,17,18). The number of hydrogen-bond acceptors (Lipinski definition) is 3. The van der Waals surface area contributed by atoms with Crippen LogP contribution in [0.3, 0.4) is 0 Å². The first-order valence-electron chi connectivity index (χ1n) is 6.89. The fourth-order valence-corrected chi connectivity index (χ4v) is 2.41. The summed E-state index contributed by atoms with van der Waals surface area (Å²) in [5.41, 5.74) is 7.07. The van der Waals surface area contributed by atoms with Crippen molar-refractivity contribution in [2.75, 3.05) is 6.61 Å². The van der Waals surface area contributed by atoms with Gasteiger partial charge in [-0.15, -0.1) is 0 Å². The number of nitrogens with two attached hydrogens (primary N) is 1. The molecule has 4 heteroatoms. The number of nitrogens with one attached hydrogen (secondary N) is 1. The molecule has 2 rings (SSSR count). The molecule has 0 saturated heterocycles. The first-order chi connectivity index (χ1) is 9.15. The van der Waals surface area contributed by atoms with E-state index in [4.69, 9.17) is 10.5 Å². The number of carbonyl (C=O) groups excluding carboxylic acids is 1. The first-order valence-corrected chi connectivity index (χ1v) is 6.89. The third-order valence-electron chi connectivity index (χ3n) is 3.50. The van der Waals surface area contributed by atoms with E-state index in [0.29, 0.717) is 13.0 Å².